The number of likely N-dealkylation sites (tertiary alicyclic amines) is 1. The minimum atomic E-state index is -0.182. The SMILES string of the molecule is CC[C@@H](C(N)=O)N1CC[C@@H](CSc2ccccc2)C1. The zero-order valence-electron chi connectivity index (χ0n) is 11.4. The standard InChI is InChI=1S/C15H22N2OS/c1-2-14(15(16)18)17-9-8-12(10-17)11-19-13-6-4-3-5-7-13/h3-7,12,14H,2,8-11H2,1H3,(H2,16,18)/t12-,14+/m1/s1. The number of hydrogen-bond donors (Lipinski definition) is 1. The molecule has 0 aromatic heterocycles. The Bertz CT molecular complexity index is 410. The summed E-state index contributed by atoms with van der Waals surface area (Å²) in [6, 6.07) is 10.4. The molecule has 0 spiro atoms. The largest absolute Gasteiger partial charge is 0.368 e. The van der Waals surface area contributed by atoms with E-state index in [0.29, 0.717) is 5.92 Å². The van der Waals surface area contributed by atoms with Crippen molar-refractivity contribution in [3.05, 3.63) is 30.3 Å². The highest BCUT2D eigenvalue weighted by atomic mass is 32.2. The molecule has 1 heterocycles. The Labute approximate surface area is 119 Å². The number of thioether (sulfide) groups is 1. The van der Waals surface area contributed by atoms with Crippen LogP contribution in [0.25, 0.3) is 0 Å². The Morgan fingerprint density at radius 2 is 2.21 bits per heavy atom. The summed E-state index contributed by atoms with van der Waals surface area (Å²) in [6.07, 6.45) is 1.98. The van der Waals surface area contributed by atoms with Gasteiger partial charge in [0.15, 0.2) is 0 Å². The highest BCUT2D eigenvalue weighted by Gasteiger charge is 2.29. The van der Waals surface area contributed by atoms with E-state index in [1.54, 1.807) is 0 Å². The van der Waals surface area contributed by atoms with Gasteiger partial charge in [0.2, 0.25) is 5.91 Å². The first kappa shape index (κ1) is 14.4. The van der Waals surface area contributed by atoms with Crippen LogP contribution in [0.4, 0.5) is 0 Å². The van der Waals surface area contributed by atoms with E-state index >= 15 is 0 Å². The summed E-state index contributed by atoms with van der Waals surface area (Å²) in [5, 5.41) is 0. The van der Waals surface area contributed by atoms with Crippen LogP contribution >= 0.6 is 11.8 Å². The summed E-state index contributed by atoms with van der Waals surface area (Å²) in [4.78, 5) is 14.9. The predicted molar refractivity (Wildman–Crippen MR) is 80.1 cm³/mol. The topological polar surface area (TPSA) is 46.3 Å². The molecule has 2 atom stereocenters. The molecular formula is C15H22N2OS. The van der Waals surface area contributed by atoms with Gasteiger partial charge < -0.3 is 5.73 Å². The minimum absolute atomic E-state index is 0.0771. The zero-order valence-corrected chi connectivity index (χ0v) is 12.2. The number of rotatable bonds is 6. The molecule has 0 unspecified atom stereocenters. The highest BCUT2D eigenvalue weighted by molar-refractivity contribution is 7.99. The number of nitrogens with two attached hydrogens (primary N) is 1. The number of nitrogens with zero attached hydrogens (tertiary/aromatic N) is 1. The van der Waals surface area contributed by atoms with Crippen LogP contribution in [0.3, 0.4) is 0 Å². The molecule has 3 nitrogen and oxygen atoms in total. The Morgan fingerprint density at radius 3 is 2.84 bits per heavy atom. The number of benzene rings is 1. The number of primary amides is 1. The molecule has 1 aromatic rings. The number of carbonyl (C=O) groups excluding carboxylic acids is 1. The smallest absolute Gasteiger partial charge is 0.234 e. The van der Waals surface area contributed by atoms with Gasteiger partial charge in [0.05, 0.1) is 6.04 Å². The maximum Gasteiger partial charge on any atom is 0.234 e. The van der Waals surface area contributed by atoms with Crippen LogP contribution in [-0.4, -0.2) is 35.7 Å². The molecule has 104 valence electrons. The third-order valence-electron chi connectivity index (χ3n) is 3.70. The average Bonchev–Trinajstić information content (AvgIpc) is 2.87. The predicted octanol–water partition coefficient (Wildman–Crippen LogP) is 2.36. The molecule has 1 aliphatic rings. The van der Waals surface area contributed by atoms with Crippen LogP contribution in [0, 0.1) is 5.92 Å². The van der Waals surface area contributed by atoms with Crippen molar-refractivity contribution in [2.45, 2.75) is 30.7 Å². The van der Waals surface area contributed by atoms with Crippen LogP contribution in [0.5, 0.6) is 0 Å². The maximum atomic E-state index is 11.4. The first-order chi connectivity index (χ1) is 9.20. The third-order valence-corrected chi connectivity index (χ3v) is 4.95. The van der Waals surface area contributed by atoms with E-state index in [4.69, 9.17) is 5.73 Å². The molecule has 2 N–H and O–H groups in total. The Morgan fingerprint density at radius 1 is 1.47 bits per heavy atom. The molecule has 1 saturated heterocycles. The van der Waals surface area contributed by atoms with E-state index in [-0.39, 0.29) is 11.9 Å². The van der Waals surface area contributed by atoms with Gasteiger partial charge in [-0.1, -0.05) is 25.1 Å². The third kappa shape index (κ3) is 3.98. The van der Waals surface area contributed by atoms with Gasteiger partial charge in [0, 0.05) is 17.2 Å². The molecule has 0 radical (unpaired) electrons. The van der Waals surface area contributed by atoms with Crippen LogP contribution in [0.2, 0.25) is 0 Å². The van der Waals surface area contributed by atoms with E-state index in [2.05, 4.69) is 29.2 Å². The van der Waals surface area contributed by atoms with Gasteiger partial charge >= 0.3 is 0 Å². The second-order valence-corrected chi connectivity index (χ2v) is 6.19. The van der Waals surface area contributed by atoms with Gasteiger partial charge in [-0.3, -0.25) is 9.69 Å². The molecule has 2 rings (SSSR count). The molecule has 0 aliphatic carbocycles. The normalized spacial score (nSPS) is 21.4. The maximum absolute atomic E-state index is 11.4. The van der Waals surface area contributed by atoms with E-state index in [1.807, 2.05) is 24.8 Å². The molecule has 0 saturated carbocycles. The number of carbonyl (C=O) groups is 1. The molecule has 0 bridgehead atoms. The van der Waals surface area contributed by atoms with Crippen molar-refractivity contribution in [2.24, 2.45) is 11.7 Å². The van der Waals surface area contributed by atoms with E-state index < -0.39 is 0 Å². The van der Waals surface area contributed by atoms with E-state index in [1.165, 1.54) is 11.3 Å². The van der Waals surface area contributed by atoms with Crippen molar-refractivity contribution in [3.8, 4) is 0 Å². The van der Waals surface area contributed by atoms with Gasteiger partial charge in [-0.15, -0.1) is 11.8 Å². The van der Waals surface area contributed by atoms with Crippen LogP contribution < -0.4 is 5.73 Å². The fourth-order valence-corrected chi connectivity index (χ4v) is 3.70. The minimum Gasteiger partial charge on any atom is -0.368 e. The number of hydrogen-bond acceptors (Lipinski definition) is 3. The first-order valence-corrected chi connectivity index (χ1v) is 7.90. The lowest BCUT2D eigenvalue weighted by molar-refractivity contribution is -0.123. The molecular weight excluding hydrogens is 256 g/mol. The quantitative estimate of drug-likeness (QED) is 0.813. The average molecular weight is 278 g/mol. The Kier molecular flexibility index (Phi) is 5.28. The molecule has 1 aromatic carbocycles. The molecule has 19 heavy (non-hydrogen) atoms. The van der Waals surface area contributed by atoms with Gasteiger partial charge in [0.1, 0.15) is 0 Å². The lowest BCUT2D eigenvalue weighted by atomic mass is 10.1. The summed E-state index contributed by atoms with van der Waals surface area (Å²) in [5.41, 5.74) is 5.45. The molecule has 1 fully saturated rings. The fourth-order valence-electron chi connectivity index (χ4n) is 2.65. The van der Waals surface area contributed by atoms with Gasteiger partial charge in [0.25, 0.3) is 0 Å². The summed E-state index contributed by atoms with van der Waals surface area (Å²) >= 11 is 1.90. The Hall–Kier alpha value is -1.00. The second-order valence-electron chi connectivity index (χ2n) is 5.10. The van der Waals surface area contributed by atoms with Gasteiger partial charge in [-0.05, 0) is 37.4 Å². The first-order valence-electron chi connectivity index (χ1n) is 6.92. The van der Waals surface area contributed by atoms with E-state index in [9.17, 15) is 4.79 Å². The molecule has 4 heteroatoms. The lowest BCUT2D eigenvalue weighted by Crippen LogP contribution is -2.43. The van der Waals surface area contributed by atoms with Crippen LogP contribution in [0.15, 0.2) is 35.2 Å². The fraction of sp³-hybridized carbons (Fsp3) is 0.533. The van der Waals surface area contributed by atoms with Gasteiger partial charge in [-0.25, -0.2) is 0 Å². The molecule has 1 amide bonds. The van der Waals surface area contributed by atoms with Crippen molar-refractivity contribution >= 4 is 17.7 Å². The zero-order chi connectivity index (χ0) is 13.7. The van der Waals surface area contributed by atoms with Crippen molar-refractivity contribution in [3.63, 3.8) is 0 Å². The lowest BCUT2D eigenvalue weighted by Gasteiger charge is -2.23. The highest BCUT2D eigenvalue weighted by Crippen LogP contribution is 2.27. The van der Waals surface area contributed by atoms with Crippen molar-refractivity contribution in [2.75, 3.05) is 18.8 Å². The summed E-state index contributed by atoms with van der Waals surface area (Å²) in [6.45, 7) is 4.03. The Balaban J connectivity index is 1.80. The van der Waals surface area contributed by atoms with Crippen molar-refractivity contribution in [1.29, 1.82) is 0 Å². The summed E-state index contributed by atoms with van der Waals surface area (Å²) < 4.78 is 0. The van der Waals surface area contributed by atoms with Crippen LogP contribution in [0.1, 0.15) is 19.8 Å². The van der Waals surface area contributed by atoms with Crippen molar-refractivity contribution < 1.29 is 4.79 Å². The molecule has 1 aliphatic heterocycles. The second kappa shape index (κ2) is 6.96. The monoisotopic (exact) mass is 278 g/mol. The summed E-state index contributed by atoms with van der Waals surface area (Å²) in [5.74, 6) is 1.60. The van der Waals surface area contributed by atoms with E-state index in [0.717, 1.165) is 25.3 Å². The number of amides is 1. The summed E-state index contributed by atoms with van der Waals surface area (Å²) in [7, 11) is 0. The van der Waals surface area contributed by atoms with Crippen LogP contribution in [-0.2, 0) is 4.79 Å². The van der Waals surface area contributed by atoms with Gasteiger partial charge in [-0.2, -0.15) is 0 Å². The van der Waals surface area contributed by atoms with Crippen molar-refractivity contribution in [1.82, 2.24) is 4.90 Å².